The molecule has 3 rings (SSSR count). The molecular formula is C23H25N5O6. The molecule has 1 aromatic heterocycles. The van der Waals surface area contributed by atoms with E-state index in [1.165, 1.54) is 6.92 Å². The van der Waals surface area contributed by atoms with Crippen molar-refractivity contribution in [1.29, 1.82) is 0 Å². The molecule has 178 valence electrons. The molecule has 3 atom stereocenters. The number of nitrogens with zero attached hydrogens (tertiary/aromatic N) is 4. The van der Waals surface area contributed by atoms with E-state index >= 15 is 0 Å². The standard InChI is InChI=1S/C23H25N5O6/c1-15(19(29)22(31)33-2)28-21(25-26-27-28)20(30)18(13-16-9-5-3-6-10-16)24-23(32)34-14-17-11-7-4-8-12-17/h3-12,15,18,20,30H,13-14H2,1-2H3,(H,24,32)/t15-,18-,20-/m0/s1. The quantitative estimate of drug-likeness (QED) is 0.335. The van der Waals surface area contributed by atoms with Crippen molar-refractivity contribution in [2.45, 2.75) is 38.1 Å². The number of rotatable bonds is 10. The monoisotopic (exact) mass is 467 g/mol. The van der Waals surface area contributed by atoms with Crippen molar-refractivity contribution < 1.29 is 29.0 Å². The van der Waals surface area contributed by atoms with Crippen molar-refractivity contribution in [3.8, 4) is 0 Å². The van der Waals surface area contributed by atoms with Crippen LogP contribution < -0.4 is 5.32 Å². The maximum absolute atomic E-state index is 12.5. The van der Waals surface area contributed by atoms with E-state index in [1.807, 2.05) is 60.7 Å². The Bertz CT molecular complexity index is 1110. The number of aliphatic hydroxyl groups excluding tert-OH is 1. The molecule has 0 saturated heterocycles. The van der Waals surface area contributed by atoms with Crippen molar-refractivity contribution in [1.82, 2.24) is 25.5 Å². The summed E-state index contributed by atoms with van der Waals surface area (Å²) in [4.78, 5) is 36.4. The molecule has 2 aromatic carbocycles. The number of aliphatic hydroxyl groups is 1. The highest BCUT2D eigenvalue weighted by Gasteiger charge is 2.33. The van der Waals surface area contributed by atoms with Gasteiger partial charge in [0.2, 0.25) is 0 Å². The van der Waals surface area contributed by atoms with Crippen LogP contribution in [0.1, 0.15) is 36.0 Å². The van der Waals surface area contributed by atoms with Gasteiger partial charge in [-0.3, -0.25) is 4.79 Å². The molecule has 1 heterocycles. The largest absolute Gasteiger partial charge is 0.463 e. The lowest BCUT2D eigenvalue weighted by molar-refractivity contribution is -0.153. The van der Waals surface area contributed by atoms with Crippen LogP contribution in [0.3, 0.4) is 0 Å². The molecule has 2 N–H and O–H groups in total. The van der Waals surface area contributed by atoms with Crippen LogP contribution in [0.5, 0.6) is 0 Å². The van der Waals surface area contributed by atoms with Crippen LogP contribution in [0.4, 0.5) is 4.79 Å². The van der Waals surface area contributed by atoms with E-state index in [0.29, 0.717) is 0 Å². The topological polar surface area (TPSA) is 146 Å². The molecule has 0 aliphatic carbocycles. The maximum Gasteiger partial charge on any atom is 0.407 e. The Balaban J connectivity index is 1.79. The molecule has 0 saturated carbocycles. The van der Waals surface area contributed by atoms with Gasteiger partial charge in [0.05, 0.1) is 13.2 Å². The van der Waals surface area contributed by atoms with E-state index in [4.69, 9.17) is 4.74 Å². The van der Waals surface area contributed by atoms with Crippen LogP contribution >= 0.6 is 0 Å². The molecule has 0 radical (unpaired) electrons. The Morgan fingerprint density at radius 3 is 2.26 bits per heavy atom. The van der Waals surface area contributed by atoms with Gasteiger partial charge in [0.1, 0.15) is 18.8 Å². The van der Waals surface area contributed by atoms with Crippen LogP contribution in [0.2, 0.25) is 0 Å². The highest BCUT2D eigenvalue weighted by atomic mass is 16.5. The summed E-state index contributed by atoms with van der Waals surface area (Å²) in [6.45, 7) is 1.45. The molecule has 0 bridgehead atoms. The van der Waals surface area contributed by atoms with Crippen molar-refractivity contribution >= 4 is 17.8 Å². The summed E-state index contributed by atoms with van der Waals surface area (Å²) in [5.74, 6) is -2.06. The van der Waals surface area contributed by atoms with E-state index in [9.17, 15) is 19.5 Å². The molecule has 11 nitrogen and oxygen atoms in total. The van der Waals surface area contributed by atoms with Crippen LogP contribution in [0.15, 0.2) is 60.7 Å². The normalized spacial score (nSPS) is 13.4. The highest BCUT2D eigenvalue weighted by molar-refractivity contribution is 6.34. The average molecular weight is 467 g/mol. The number of benzene rings is 2. The number of alkyl carbamates (subject to hydrolysis) is 1. The Hall–Kier alpha value is -4.12. The second-order valence-corrected chi connectivity index (χ2v) is 7.46. The van der Waals surface area contributed by atoms with Gasteiger partial charge < -0.3 is 19.9 Å². The van der Waals surface area contributed by atoms with Crippen LogP contribution in [-0.4, -0.2) is 56.3 Å². The number of ketones is 1. The number of hydrogen-bond acceptors (Lipinski definition) is 9. The fourth-order valence-corrected chi connectivity index (χ4v) is 3.26. The van der Waals surface area contributed by atoms with Crippen molar-refractivity contribution in [2.75, 3.05) is 7.11 Å². The SMILES string of the molecule is COC(=O)C(=O)[C@H](C)n1nnnc1[C@@H](O)[C@H](Cc1ccccc1)NC(=O)OCc1ccccc1. The predicted molar refractivity (Wildman–Crippen MR) is 118 cm³/mol. The number of hydrogen-bond donors (Lipinski definition) is 2. The summed E-state index contributed by atoms with van der Waals surface area (Å²) in [6.07, 6.45) is -1.96. The highest BCUT2D eigenvalue weighted by Crippen LogP contribution is 2.21. The number of nitrogens with one attached hydrogen (secondary N) is 1. The van der Waals surface area contributed by atoms with Crippen LogP contribution in [0, 0.1) is 0 Å². The van der Waals surface area contributed by atoms with E-state index in [-0.39, 0.29) is 18.9 Å². The van der Waals surface area contributed by atoms with Crippen molar-refractivity contribution in [2.24, 2.45) is 0 Å². The van der Waals surface area contributed by atoms with E-state index in [1.54, 1.807) is 0 Å². The average Bonchev–Trinajstić information content (AvgIpc) is 3.36. The number of Topliss-reactive ketones (excluding diaryl/α,β-unsaturated/α-hetero) is 1. The first-order chi connectivity index (χ1) is 16.4. The Morgan fingerprint density at radius 2 is 1.65 bits per heavy atom. The summed E-state index contributed by atoms with van der Waals surface area (Å²) < 4.78 is 10.8. The lowest BCUT2D eigenvalue weighted by Gasteiger charge is -2.24. The van der Waals surface area contributed by atoms with Gasteiger partial charge in [-0.25, -0.2) is 14.3 Å². The number of aromatic nitrogens is 4. The van der Waals surface area contributed by atoms with Gasteiger partial charge >= 0.3 is 12.1 Å². The van der Waals surface area contributed by atoms with E-state index in [2.05, 4.69) is 25.6 Å². The molecule has 11 heteroatoms. The summed E-state index contributed by atoms with van der Waals surface area (Å²) in [6, 6.07) is 16.3. The molecule has 0 fully saturated rings. The van der Waals surface area contributed by atoms with Gasteiger partial charge in [-0.1, -0.05) is 60.7 Å². The zero-order valence-electron chi connectivity index (χ0n) is 18.7. The Labute approximate surface area is 195 Å². The van der Waals surface area contributed by atoms with Gasteiger partial charge in [-0.15, -0.1) is 5.10 Å². The third kappa shape index (κ3) is 6.23. The number of carbonyl (C=O) groups is 3. The molecule has 3 aromatic rings. The zero-order chi connectivity index (χ0) is 24.5. The lowest BCUT2D eigenvalue weighted by atomic mass is 10.0. The number of carbonyl (C=O) groups excluding carboxylic acids is 3. The minimum Gasteiger partial charge on any atom is -0.463 e. The Morgan fingerprint density at radius 1 is 1.03 bits per heavy atom. The molecule has 0 unspecified atom stereocenters. The molecule has 0 spiro atoms. The Kier molecular flexibility index (Phi) is 8.41. The van der Waals surface area contributed by atoms with Gasteiger partial charge in [0.15, 0.2) is 5.82 Å². The third-order valence-electron chi connectivity index (χ3n) is 5.11. The van der Waals surface area contributed by atoms with E-state index in [0.717, 1.165) is 22.9 Å². The minimum absolute atomic E-state index is 0.0449. The summed E-state index contributed by atoms with van der Waals surface area (Å²) in [7, 11) is 1.09. The smallest absolute Gasteiger partial charge is 0.407 e. The first-order valence-electron chi connectivity index (χ1n) is 10.5. The fraction of sp³-hybridized carbons (Fsp3) is 0.304. The molecular weight excluding hydrogens is 442 g/mol. The van der Waals surface area contributed by atoms with Gasteiger partial charge in [-0.2, -0.15) is 0 Å². The summed E-state index contributed by atoms with van der Waals surface area (Å²) in [5.41, 5.74) is 1.63. The first kappa shape index (κ1) is 24.5. The lowest BCUT2D eigenvalue weighted by Crippen LogP contribution is -2.42. The molecule has 1 amide bonds. The second-order valence-electron chi connectivity index (χ2n) is 7.46. The van der Waals surface area contributed by atoms with Crippen molar-refractivity contribution in [3.63, 3.8) is 0 Å². The van der Waals surface area contributed by atoms with Crippen LogP contribution in [0.25, 0.3) is 0 Å². The molecule has 34 heavy (non-hydrogen) atoms. The number of methoxy groups -OCH3 is 1. The van der Waals surface area contributed by atoms with Gasteiger partial charge in [0, 0.05) is 0 Å². The number of esters is 1. The second kappa shape index (κ2) is 11.7. The fourth-order valence-electron chi connectivity index (χ4n) is 3.26. The third-order valence-corrected chi connectivity index (χ3v) is 5.11. The van der Waals surface area contributed by atoms with E-state index < -0.39 is 36.0 Å². The number of amides is 1. The van der Waals surface area contributed by atoms with Crippen LogP contribution in [-0.2, 0) is 32.1 Å². The number of tetrazole rings is 1. The molecule has 0 aliphatic heterocycles. The van der Waals surface area contributed by atoms with Gasteiger partial charge in [-0.05, 0) is 34.9 Å². The zero-order valence-corrected chi connectivity index (χ0v) is 18.7. The molecule has 0 aliphatic rings. The predicted octanol–water partition coefficient (Wildman–Crippen LogP) is 1.55. The summed E-state index contributed by atoms with van der Waals surface area (Å²) in [5, 5.41) is 24.9. The first-order valence-corrected chi connectivity index (χ1v) is 10.5. The minimum atomic E-state index is -1.42. The summed E-state index contributed by atoms with van der Waals surface area (Å²) >= 11 is 0. The maximum atomic E-state index is 12.5. The van der Waals surface area contributed by atoms with Gasteiger partial charge in [0.25, 0.3) is 5.78 Å². The number of ether oxygens (including phenoxy) is 2. The van der Waals surface area contributed by atoms with Crippen molar-refractivity contribution in [3.05, 3.63) is 77.6 Å².